The number of fused-ring (bicyclic) bond motifs is 4. The largest absolute Gasteiger partial charge is 0.496 e. The third-order valence-corrected chi connectivity index (χ3v) is 3.71. The molecule has 0 aliphatic carbocycles. The number of pyridine rings is 1. The summed E-state index contributed by atoms with van der Waals surface area (Å²) in [5.41, 5.74) is 2.01. The zero-order valence-corrected chi connectivity index (χ0v) is 11.1. The van der Waals surface area contributed by atoms with Crippen LogP contribution < -0.4 is 4.74 Å². The number of para-hydroxylation sites is 1. The highest BCUT2D eigenvalue weighted by molar-refractivity contribution is 6.11. The summed E-state index contributed by atoms with van der Waals surface area (Å²) in [6.45, 7) is 0. The second kappa shape index (κ2) is 4.20. The number of aromatic nitrogens is 1. The van der Waals surface area contributed by atoms with Crippen LogP contribution in [0.5, 0.6) is 5.75 Å². The fourth-order valence-corrected chi connectivity index (χ4v) is 2.75. The molecule has 20 heavy (non-hydrogen) atoms. The summed E-state index contributed by atoms with van der Waals surface area (Å²) in [7, 11) is 1.70. The molecule has 0 atom stereocenters. The molecular weight excluding hydrogens is 246 g/mol. The van der Waals surface area contributed by atoms with Crippen LogP contribution in [0.25, 0.3) is 32.6 Å². The van der Waals surface area contributed by atoms with Crippen LogP contribution in [0.4, 0.5) is 0 Å². The van der Waals surface area contributed by atoms with Gasteiger partial charge in [-0.05, 0) is 23.6 Å². The molecule has 2 nitrogen and oxygen atoms in total. The van der Waals surface area contributed by atoms with E-state index in [1.54, 1.807) is 7.11 Å². The maximum Gasteiger partial charge on any atom is 0.128 e. The Hall–Kier alpha value is -2.61. The van der Waals surface area contributed by atoms with Crippen LogP contribution in [0.15, 0.2) is 60.7 Å². The first-order valence-corrected chi connectivity index (χ1v) is 6.62. The number of nitrogens with zero attached hydrogens (tertiary/aromatic N) is 1. The molecule has 96 valence electrons. The average molecular weight is 259 g/mol. The van der Waals surface area contributed by atoms with Gasteiger partial charge in [0, 0.05) is 10.8 Å². The Bertz CT molecular complexity index is 944. The highest BCUT2D eigenvalue weighted by atomic mass is 16.5. The van der Waals surface area contributed by atoms with Crippen LogP contribution in [0.2, 0.25) is 0 Å². The SMILES string of the molecule is COc1cccc2ccc3cc4ccccc4nc3c12. The minimum Gasteiger partial charge on any atom is -0.496 e. The summed E-state index contributed by atoms with van der Waals surface area (Å²) in [5, 5.41) is 4.54. The highest BCUT2D eigenvalue weighted by Gasteiger charge is 2.08. The van der Waals surface area contributed by atoms with Gasteiger partial charge in [-0.15, -0.1) is 0 Å². The van der Waals surface area contributed by atoms with Crippen LogP contribution in [0, 0.1) is 0 Å². The molecule has 0 saturated heterocycles. The monoisotopic (exact) mass is 259 g/mol. The van der Waals surface area contributed by atoms with E-state index in [0.29, 0.717) is 0 Å². The van der Waals surface area contributed by atoms with Crippen LogP contribution in [-0.2, 0) is 0 Å². The zero-order chi connectivity index (χ0) is 13.5. The molecule has 0 aliphatic heterocycles. The van der Waals surface area contributed by atoms with Gasteiger partial charge in [0.15, 0.2) is 0 Å². The summed E-state index contributed by atoms with van der Waals surface area (Å²) in [6.07, 6.45) is 0. The smallest absolute Gasteiger partial charge is 0.128 e. The molecule has 2 heteroatoms. The molecule has 4 aromatic rings. The Kier molecular flexibility index (Phi) is 2.36. The van der Waals surface area contributed by atoms with E-state index in [2.05, 4.69) is 30.3 Å². The van der Waals surface area contributed by atoms with Gasteiger partial charge in [0.2, 0.25) is 0 Å². The number of hydrogen-bond donors (Lipinski definition) is 0. The van der Waals surface area contributed by atoms with Crippen LogP contribution >= 0.6 is 0 Å². The number of rotatable bonds is 1. The fourth-order valence-electron chi connectivity index (χ4n) is 2.75. The van der Waals surface area contributed by atoms with Gasteiger partial charge in [-0.3, -0.25) is 0 Å². The van der Waals surface area contributed by atoms with Crippen LogP contribution in [0.3, 0.4) is 0 Å². The van der Waals surface area contributed by atoms with Crippen molar-refractivity contribution in [3.63, 3.8) is 0 Å². The second-order valence-electron chi connectivity index (χ2n) is 4.88. The predicted octanol–water partition coefficient (Wildman–Crippen LogP) is 4.55. The molecule has 0 bridgehead atoms. The summed E-state index contributed by atoms with van der Waals surface area (Å²) < 4.78 is 5.51. The van der Waals surface area contributed by atoms with Crippen molar-refractivity contribution in [2.24, 2.45) is 0 Å². The Balaban J connectivity index is 2.25. The molecule has 4 rings (SSSR count). The molecule has 0 fully saturated rings. The lowest BCUT2D eigenvalue weighted by molar-refractivity contribution is 0.420. The van der Waals surface area contributed by atoms with E-state index in [4.69, 9.17) is 9.72 Å². The third-order valence-electron chi connectivity index (χ3n) is 3.71. The van der Waals surface area contributed by atoms with E-state index in [-0.39, 0.29) is 0 Å². The zero-order valence-electron chi connectivity index (χ0n) is 11.1. The van der Waals surface area contributed by atoms with Gasteiger partial charge in [-0.2, -0.15) is 0 Å². The third kappa shape index (κ3) is 1.55. The molecule has 0 amide bonds. The minimum absolute atomic E-state index is 0.871. The quantitative estimate of drug-likeness (QED) is 0.369. The van der Waals surface area contributed by atoms with Crippen molar-refractivity contribution in [3.05, 3.63) is 60.7 Å². The van der Waals surface area contributed by atoms with Crippen LogP contribution in [0.1, 0.15) is 0 Å². The van der Waals surface area contributed by atoms with Gasteiger partial charge in [-0.25, -0.2) is 4.98 Å². The molecule has 1 heterocycles. The second-order valence-corrected chi connectivity index (χ2v) is 4.88. The lowest BCUT2D eigenvalue weighted by Gasteiger charge is -2.09. The first-order chi connectivity index (χ1) is 9.86. The predicted molar refractivity (Wildman–Crippen MR) is 83.3 cm³/mol. The molecule has 0 saturated carbocycles. The van der Waals surface area contributed by atoms with E-state index < -0.39 is 0 Å². The molecule has 0 aliphatic rings. The molecule has 0 radical (unpaired) electrons. The van der Waals surface area contributed by atoms with Crippen molar-refractivity contribution >= 4 is 32.6 Å². The maximum absolute atomic E-state index is 5.51. The van der Waals surface area contributed by atoms with Crippen molar-refractivity contribution in [3.8, 4) is 5.75 Å². The number of benzene rings is 3. The summed E-state index contributed by atoms with van der Waals surface area (Å²) in [6, 6.07) is 20.7. The van der Waals surface area contributed by atoms with Crippen molar-refractivity contribution in [2.75, 3.05) is 7.11 Å². The first kappa shape index (κ1) is 11.2. The lowest BCUT2D eigenvalue weighted by Crippen LogP contribution is -1.89. The van der Waals surface area contributed by atoms with Gasteiger partial charge in [0.05, 0.1) is 23.5 Å². The highest BCUT2D eigenvalue weighted by Crippen LogP contribution is 2.33. The van der Waals surface area contributed by atoms with Crippen molar-refractivity contribution in [2.45, 2.75) is 0 Å². The molecule has 0 spiro atoms. The van der Waals surface area contributed by atoms with Crippen molar-refractivity contribution < 1.29 is 4.74 Å². The molecule has 1 aromatic heterocycles. The molecule has 0 N–H and O–H groups in total. The van der Waals surface area contributed by atoms with Gasteiger partial charge >= 0.3 is 0 Å². The number of ether oxygens (including phenoxy) is 1. The Morgan fingerprint density at radius 2 is 1.60 bits per heavy atom. The maximum atomic E-state index is 5.51. The first-order valence-electron chi connectivity index (χ1n) is 6.62. The van der Waals surface area contributed by atoms with Crippen molar-refractivity contribution in [1.82, 2.24) is 4.98 Å². The van der Waals surface area contributed by atoms with Gasteiger partial charge in [0.1, 0.15) is 5.75 Å². The Morgan fingerprint density at radius 3 is 2.50 bits per heavy atom. The van der Waals surface area contributed by atoms with Gasteiger partial charge in [0.25, 0.3) is 0 Å². The normalized spacial score (nSPS) is 11.2. The van der Waals surface area contributed by atoms with E-state index >= 15 is 0 Å². The lowest BCUT2D eigenvalue weighted by atomic mass is 10.0. The van der Waals surface area contributed by atoms with E-state index in [1.165, 1.54) is 0 Å². The van der Waals surface area contributed by atoms with E-state index in [9.17, 15) is 0 Å². The molecule has 3 aromatic carbocycles. The van der Waals surface area contributed by atoms with E-state index in [1.807, 2.05) is 30.3 Å². The van der Waals surface area contributed by atoms with Gasteiger partial charge in [-0.1, -0.05) is 42.5 Å². The number of hydrogen-bond acceptors (Lipinski definition) is 2. The summed E-state index contributed by atoms with van der Waals surface area (Å²) in [4.78, 5) is 4.83. The molecule has 0 unspecified atom stereocenters. The van der Waals surface area contributed by atoms with Gasteiger partial charge < -0.3 is 4.74 Å². The summed E-state index contributed by atoms with van der Waals surface area (Å²) >= 11 is 0. The minimum atomic E-state index is 0.871. The Labute approximate surface area is 116 Å². The fraction of sp³-hybridized carbons (Fsp3) is 0.0556. The number of methoxy groups -OCH3 is 1. The molecular formula is C18H13NO. The van der Waals surface area contributed by atoms with Crippen LogP contribution in [-0.4, -0.2) is 12.1 Å². The Morgan fingerprint density at radius 1 is 0.800 bits per heavy atom. The van der Waals surface area contributed by atoms with E-state index in [0.717, 1.165) is 38.3 Å². The summed E-state index contributed by atoms with van der Waals surface area (Å²) in [5.74, 6) is 0.871. The topological polar surface area (TPSA) is 22.1 Å². The van der Waals surface area contributed by atoms with Crippen molar-refractivity contribution in [1.29, 1.82) is 0 Å². The standard InChI is InChI=1S/C18H13NO/c1-20-16-8-4-6-12-9-10-14-11-13-5-2-3-7-15(13)19-18(14)17(12)16/h2-11H,1H3. The average Bonchev–Trinajstić information content (AvgIpc) is 2.52.